The number of fused-ring (bicyclic) bond motifs is 1. The lowest BCUT2D eigenvalue weighted by molar-refractivity contribution is 0.0866. The van der Waals surface area contributed by atoms with E-state index in [0.717, 1.165) is 27.7 Å². The first-order valence-electron chi connectivity index (χ1n) is 7.93. The average Bonchev–Trinajstić information content (AvgIpc) is 3.15. The summed E-state index contributed by atoms with van der Waals surface area (Å²) in [5.74, 6) is 6.91. The largest absolute Gasteiger partial charge is 0.361 e. The van der Waals surface area contributed by atoms with Crippen LogP contribution >= 0.6 is 22.9 Å². The van der Waals surface area contributed by atoms with Gasteiger partial charge < -0.3 is 9.30 Å². The molecule has 0 aromatic carbocycles. The normalized spacial score (nSPS) is 11.5. The van der Waals surface area contributed by atoms with Crippen molar-refractivity contribution in [2.24, 2.45) is 0 Å². The summed E-state index contributed by atoms with van der Waals surface area (Å²) in [7, 11) is -1.07. The number of thiophene rings is 1. The molecule has 0 radical (unpaired) electrons. The predicted molar refractivity (Wildman–Crippen MR) is 105 cm³/mol. The van der Waals surface area contributed by atoms with Crippen LogP contribution in [0, 0.1) is 11.8 Å². The smallest absolute Gasteiger partial charge is 0.187 e. The fraction of sp³-hybridized carbons (Fsp3) is 0.353. The molecule has 3 aromatic heterocycles. The Bertz CT molecular complexity index is 935. The van der Waals surface area contributed by atoms with Crippen LogP contribution in [0.15, 0.2) is 24.8 Å². The fourth-order valence-corrected chi connectivity index (χ4v) is 3.94. The minimum absolute atomic E-state index is 0.451. The molecule has 0 aliphatic rings. The molecule has 3 heterocycles. The van der Waals surface area contributed by atoms with E-state index >= 15 is 0 Å². The van der Waals surface area contributed by atoms with Crippen molar-refractivity contribution in [3.8, 4) is 11.8 Å². The molecule has 8 heteroatoms. The highest BCUT2D eigenvalue weighted by Crippen LogP contribution is 2.27. The third kappa shape index (κ3) is 4.89. The Morgan fingerprint density at radius 3 is 2.84 bits per heavy atom. The van der Waals surface area contributed by atoms with Gasteiger partial charge in [-0.3, -0.25) is 0 Å². The molecule has 0 aliphatic carbocycles. The number of halogens is 1. The maximum atomic E-state index is 6.08. The zero-order valence-electron chi connectivity index (χ0n) is 14.4. The molecule has 25 heavy (non-hydrogen) atoms. The zero-order chi connectivity index (χ0) is 17.9. The summed E-state index contributed by atoms with van der Waals surface area (Å²) >= 11 is 7.57. The van der Waals surface area contributed by atoms with Crippen molar-refractivity contribution in [3.05, 3.63) is 40.6 Å². The summed E-state index contributed by atoms with van der Waals surface area (Å²) in [4.78, 5) is 14.2. The molecule has 0 spiro atoms. The summed E-state index contributed by atoms with van der Waals surface area (Å²) in [5.41, 5.74) is 0. The Morgan fingerprint density at radius 2 is 2.08 bits per heavy atom. The van der Waals surface area contributed by atoms with E-state index < -0.39 is 8.07 Å². The quantitative estimate of drug-likeness (QED) is 0.283. The maximum Gasteiger partial charge on any atom is 0.187 e. The van der Waals surface area contributed by atoms with E-state index in [4.69, 9.17) is 16.3 Å². The van der Waals surface area contributed by atoms with Gasteiger partial charge >= 0.3 is 0 Å². The molecule has 0 unspecified atom stereocenters. The van der Waals surface area contributed by atoms with Crippen molar-refractivity contribution >= 4 is 41.2 Å². The van der Waals surface area contributed by atoms with Crippen molar-refractivity contribution < 1.29 is 4.74 Å². The van der Waals surface area contributed by atoms with Gasteiger partial charge in [0.2, 0.25) is 0 Å². The van der Waals surface area contributed by atoms with Gasteiger partial charge in [0.1, 0.15) is 23.0 Å². The zero-order valence-corrected chi connectivity index (χ0v) is 17.0. The summed E-state index contributed by atoms with van der Waals surface area (Å²) in [6, 6.07) is 3.05. The van der Waals surface area contributed by atoms with Crippen molar-refractivity contribution in [2.45, 2.75) is 32.4 Å². The van der Waals surface area contributed by atoms with Crippen molar-refractivity contribution in [1.82, 2.24) is 19.5 Å². The molecule has 0 fully saturated rings. The topological polar surface area (TPSA) is 52.8 Å². The molecule has 0 atom stereocenters. The van der Waals surface area contributed by atoms with E-state index in [1.54, 1.807) is 6.20 Å². The number of imidazole rings is 1. The van der Waals surface area contributed by atoms with Gasteiger partial charge in [-0.05, 0) is 24.0 Å². The van der Waals surface area contributed by atoms with Crippen LogP contribution in [0.5, 0.6) is 0 Å². The van der Waals surface area contributed by atoms with Crippen LogP contribution in [0.1, 0.15) is 10.7 Å². The average molecular weight is 391 g/mol. The second-order valence-electron chi connectivity index (χ2n) is 6.81. The Kier molecular flexibility index (Phi) is 5.54. The van der Waals surface area contributed by atoms with Gasteiger partial charge in [-0.25, -0.2) is 15.0 Å². The number of ether oxygens (including phenoxy) is 1. The highest BCUT2D eigenvalue weighted by molar-refractivity contribution is 7.19. The molecule has 0 amide bonds. The van der Waals surface area contributed by atoms with E-state index in [2.05, 4.69) is 46.4 Å². The molecule has 0 N–H and O–H groups in total. The monoisotopic (exact) mass is 390 g/mol. The summed E-state index contributed by atoms with van der Waals surface area (Å²) in [6.45, 7) is 8.26. The highest BCUT2D eigenvalue weighted by Gasteiger charge is 2.12. The van der Waals surface area contributed by atoms with Gasteiger partial charge in [0.25, 0.3) is 0 Å². The summed E-state index contributed by atoms with van der Waals surface area (Å²) in [5, 5.41) is 1.28. The van der Waals surface area contributed by atoms with Crippen molar-refractivity contribution in [2.75, 3.05) is 6.61 Å². The van der Waals surface area contributed by atoms with Crippen LogP contribution < -0.4 is 0 Å². The third-order valence-electron chi connectivity index (χ3n) is 3.52. The Labute approximate surface area is 157 Å². The first-order valence-corrected chi connectivity index (χ1v) is 12.8. The van der Waals surface area contributed by atoms with E-state index in [9.17, 15) is 0 Å². The SMILES string of the molecule is C[Si](C)(C)CCOCn1ccnc1C#Cc1cc2c(Cl)ncnc2s1. The second-order valence-corrected chi connectivity index (χ2v) is 13.8. The number of aromatic nitrogens is 4. The number of hydrogen-bond donors (Lipinski definition) is 0. The van der Waals surface area contributed by atoms with E-state index in [-0.39, 0.29) is 0 Å². The first-order chi connectivity index (χ1) is 11.9. The molecule has 130 valence electrons. The van der Waals surface area contributed by atoms with Gasteiger partial charge in [0.15, 0.2) is 5.82 Å². The van der Waals surface area contributed by atoms with Gasteiger partial charge in [-0.15, -0.1) is 11.3 Å². The molecule has 0 saturated heterocycles. The van der Waals surface area contributed by atoms with Gasteiger partial charge in [0, 0.05) is 27.1 Å². The Hall–Kier alpha value is -1.72. The number of hydrogen-bond acceptors (Lipinski definition) is 5. The fourth-order valence-electron chi connectivity index (χ4n) is 2.08. The molecule has 0 bridgehead atoms. The van der Waals surface area contributed by atoms with E-state index in [1.807, 2.05) is 16.8 Å². The van der Waals surface area contributed by atoms with Crippen LogP contribution in [-0.4, -0.2) is 34.2 Å². The lowest BCUT2D eigenvalue weighted by Crippen LogP contribution is -2.22. The number of nitrogens with zero attached hydrogens (tertiary/aromatic N) is 4. The number of rotatable bonds is 5. The van der Waals surface area contributed by atoms with E-state index in [1.165, 1.54) is 17.7 Å². The lowest BCUT2D eigenvalue weighted by atomic mass is 10.3. The lowest BCUT2D eigenvalue weighted by Gasteiger charge is -2.15. The van der Waals surface area contributed by atoms with Crippen LogP contribution in [-0.2, 0) is 11.5 Å². The third-order valence-corrected chi connectivity index (χ3v) is 6.48. The van der Waals surface area contributed by atoms with E-state index in [0.29, 0.717) is 17.7 Å². The van der Waals surface area contributed by atoms with Gasteiger partial charge in [-0.2, -0.15) is 0 Å². The summed E-state index contributed by atoms with van der Waals surface area (Å²) < 4.78 is 7.68. The molecule has 0 saturated carbocycles. The van der Waals surface area contributed by atoms with Crippen molar-refractivity contribution in [3.63, 3.8) is 0 Å². The molecule has 3 rings (SSSR count). The van der Waals surface area contributed by atoms with Crippen LogP contribution in [0.4, 0.5) is 0 Å². The van der Waals surface area contributed by atoms with Crippen LogP contribution in [0.25, 0.3) is 10.2 Å². The van der Waals surface area contributed by atoms with Gasteiger partial charge in [-0.1, -0.05) is 31.2 Å². The predicted octanol–water partition coefficient (Wildman–Crippen LogP) is 4.25. The minimum Gasteiger partial charge on any atom is -0.361 e. The van der Waals surface area contributed by atoms with Crippen molar-refractivity contribution in [1.29, 1.82) is 0 Å². The molecular formula is C17H19ClN4OSSi. The standard InChI is InChI=1S/C17H19ClN4OSSi/c1-25(2,3)9-8-23-12-22-7-6-19-15(22)5-4-13-10-14-16(18)20-11-21-17(14)24-13/h6-7,10-11H,8-9,12H2,1-3H3. The maximum absolute atomic E-state index is 6.08. The van der Waals surface area contributed by atoms with Crippen LogP contribution in [0.2, 0.25) is 30.8 Å². The minimum atomic E-state index is -1.07. The summed E-state index contributed by atoms with van der Waals surface area (Å²) in [6.07, 6.45) is 5.08. The molecular weight excluding hydrogens is 372 g/mol. The highest BCUT2D eigenvalue weighted by atomic mass is 35.5. The van der Waals surface area contributed by atoms with Crippen LogP contribution in [0.3, 0.4) is 0 Å². The Balaban J connectivity index is 1.69. The second kappa shape index (κ2) is 7.66. The molecule has 0 aliphatic heterocycles. The molecule has 5 nitrogen and oxygen atoms in total. The van der Waals surface area contributed by atoms with Gasteiger partial charge in [0.05, 0.1) is 10.3 Å². The Morgan fingerprint density at radius 1 is 1.24 bits per heavy atom. The first kappa shape index (κ1) is 18.1. The molecule has 3 aromatic rings.